The van der Waals surface area contributed by atoms with E-state index in [1.54, 1.807) is 17.9 Å². The van der Waals surface area contributed by atoms with E-state index < -0.39 is 4.92 Å². The predicted octanol–water partition coefficient (Wildman–Crippen LogP) is 3.57. The number of nitrogens with zero attached hydrogens (tertiary/aromatic N) is 2. The third-order valence-electron chi connectivity index (χ3n) is 3.36. The normalized spacial score (nSPS) is 10.2. The van der Waals surface area contributed by atoms with Gasteiger partial charge in [0.1, 0.15) is 0 Å². The lowest BCUT2D eigenvalue weighted by Crippen LogP contribution is -2.31. The van der Waals surface area contributed by atoms with Crippen molar-refractivity contribution in [2.75, 3.05) is 11.4 Å². The fourth-order valence-corrected chi connectivity index (χ4v) is 2.25. The first-order valence-electron chi connectivity index (χ1n) is 6.67. The van der Waals surface area contributed by atoms with Crippen LogP contribution in [0.4, 0.5) is 11.4 Å². The van der Waals surface area contributed by atoms with Crippen molar-refractivity contribution >= 4 is 17.3 Å². The van der Waals surface area contributed by atoms with Crippen molar-refractivity contribution in [3.05, 3.63) is 69.8 Å². The predicted molar refractivity (Wildman–Crippen MR) is 81.6 cm³/mol. The first-order valence-corrected chi connectivity index (χ1v) is 6.67. The minimum atomic E-state index is -0.467. The molecule has 1 amide bonds. The number of para-hydroxylation sites is 1. The highest BCUT2D eigenvalue weighted by atomic mass is 16.6. The molecule has 0 bridgehead atoms. The monoisotopic (exact) mass is 284 g/mol. The number of nitro benzene ring substituents is 1. The van der Waals surface area contributed by atoms with Crippen LogP contribution in [0, 0.1) is 17.0 Å². The van der Waals surface area contributed by atoms with E-state index in [2.05, 4.69) is 0 Å². The van der Waals surface area contributed by atoms with Crippen molar-refractivity contribution in [2.45, 2.75) is 13.8 Å². The molecule has 0 radical (unpaired) electrons. The first kappa shape index (κ1) is 14.7. The van der Waals surface area contributed by atoms with Gasteiger partial charge in [-0.2, -0.15) is 0 Å². The molecule has 2 aromatic rings. The Labute approximate surface area is 123 Å². The number of rotatable bonds is 4. The third-order valence-corrected chi connectivity index (χ3v) is 3.36. The molecule has 2 aromatic carbocycles. The molecule has 0 fully saturated rings. The lowest BCUT2D eigenvalue weighted by molar-refractivity contribution is -0.385. The average Bonchev–Trinajstić information content (AvgIpc) is 2.49. The minimum absolute atomic E-state index is 0.0371. The molecule has 21 heavy (non-hydrogen) atoms. The Morgan fingerprint density at radius 3 is 2.38 bits per heavy atom. The Morgan fingerprint density at radius 1 is 1.14 bits per heavy atom. The van der Waals surface area contributed by atoms with E-state index in [-0.39, 0.29) is 11.6 Å². The van der Waals surface area contributed by atoms with E-state index >= 15 is 0 Å². The van der Waals surface area contributed by atoms with Gasteiger partial charge < -0.3 is 4.90 Å². The van der Waals surface area contributed by atoms with Gasteiger partial charge in [-0.3, -0.25) is 14.9 Å². The fourth-order valence-electron chi connectivity index (χ4n) is 2.25. The summed E-state index contributed by atoms with van der Waals surface area (Å²) in [6, 6.07) is 13.8. The number of hydrogen-bond donors (Lipinski definition) is 0. The van der Waals surface area contributed by atoms with Gasteiger partial charge in [0, 0.05) is 29.4 Å². The quantitative estimate of drug-likeness (QED) is 0.637. The summed E-state index contributed by atoms with van der Waals surface area (Å²) in [6.45, 7) is 3.97. The molecule has 0 aliphatic rings. The van der Waals surface area contributed by atoms with E-state index in [9.17, 15) is 14.9 Å². The largest absolute Gasteiger partial charge is 0.309 e. The van der Waals surface area contributed by atoms with Gasteiger partial charge in [0.15, 0.2) is 0 Å². The van der Waals surface area contributed by atoms with Crippen LogP contribution >= 0.6 is 0 Å². The Morgan fingerprint density at radius 2 is 1.81 bits per heavy atom. The molecule has 0 aliphatic carbocycles. The van der Waals surface area contributed by atoms with Crippen LogP contribution in [-0.4, -0.2) is 17.4 Å². The molecule has 2 rings (SSSR count). The van der Waals surface area contributed by atoms with Gasteiger partial charge in [-0.1, -0.05) is 24.3 Å². The molecule has 0 saturated heterocycles. The SMILES string of the molecule is CCN(C(=O)c1cccc([N+](=O)[O-])c1C)c1ccccc1. The molecule has 5 nitrogen and oxygen atoms in total. The fraction of sp³-hybridized carbons (Fsp3) is 0.188. The molecule has 0 aliphatic heterocycles. The molecule has 0 saturated carbocycles. The number of nitro groups is 1. The Bertz CT molecular complexity index is 668. The van der Waals surface area contributed by atoms with Gasteiger partial charge in [-0.05, 0) is 32.0 Å². The molecular formula is C16H16N2O3. The van der Waals surface area contributed by atoms with Crippen molar-refractivity contribution in [1.29, 1.82) is 0 Å². The topological polar surface area (TPSA) is 63.5 Å². The summed E-state index contributed by atoms with van der Waals surface area (Å²) in [5.74, 6) is -0.232. The Hall–Kier alpha value is -2.69. The number of carbonyl (C=O) groups excluding carboxylic acids is 1. The molecule has 0 aromatic heterocycles. The van der Waals surface area contributed by atoms with Crippen LogP contribution in [0.15, 0.2) is 48.5 Å². The Kier molecular flexibility index (Phi) is 4.33. The van der Waals surface area contributed by atoms with Crippen molar-refractivity contribution in [3.63, 3.8) is 0 Å². The van der Waals surface area contributed by atoms with E-state index in [1.807, 2.05) is 37.3 Å². The number of anilines is 1. The molecular weight excluding hydrogens is 268 g/mol. The van der Waals surface area contributed by atoms with Crippen molar-refractivity contribution in [3.8, 4) is 0 Å². The molecule has 0 heterocycles. The summed E-state index contributed by atoms with van der Waals surface area (Å²) in [5.41, 5.74) is 1.48. The van der Waals surface area contributed by atoms with E-state index in [1.165, 1.54) is 12.1 Å². The van der Waals surface area contributed by atoms with Gasteiger partial charge in [0.05, 0.1) is 4.92 Å². The number of amides is 1. The second-order valence-electron chi connectivity index (χ2n) is 4.59. The summed E-state index contributed by atoms with van der Waals surface area (Å²) in [7, 11) is 0. The molecule has 108 valence electrons. The van der Waals surface area contributed by atoms with Crippen molar-refractivity contribution < 1.29 is 9.72 Å². The van der Waals surface area contributed by atoms with Crippen LogP contribution in [0.3, 0.4) is 0 Å². The smallest absolute Gasteiger partial charge is 0.273 e. The van der Waals surface area contributed by atoms with Crippen LogP contribution in [-0.2, 0) is 0 Å². The van der Waals surface area contributed by atoms with Gasteiger partial charge >= 0.3 is 0 Å². The van der Waals surface area contributed by atoms with Gasteiger partial charge in [0.25, 0.3) is 11.6 Å². The van der Waals surface area contributed by atoms with Crippen molar-refractivity contribution in [1.82, 2.24) is 0 Å². The minimum Gasteiger partial charge on any atom is -0.309 e. The summed E-state index contributed by atoms with van der Waals surface area (Å²) in [6.07, 6.45) is 0. The zero-order chi connectivity index (χ0) is 15.4. The maximum absolute atomic E-state index is 12.7. The van der Waals surface area contributed by atoms with Crippen LogP contribution in [0.1, 0.15) is 22.8 Å². The highest BCUT2D eigenvalue weighted by molar-refractivity contribution is 6.07. The second-order valence-corrected chi connectivity index (χ2v) is 4.59. The highest BCUT2D eigenvalue weighted by Crippen LogP contribution is 2.24. The molecule has 0 spiro atoms. The zero-order valence-electron chi connectivity index (χ0n) is 11.9. The lowest BCUT2D eigenvalue weighted by Gasteiger charge is -2.21. The van der Waals surface area contributed by atoms with Crippen LogP contribution in [0.2, 0.25) is 0 Å². The first-order chi connectivity index (χ1) is 10.1. The zero-order valence-corrected chi connectivity index (χ0v) is 11.9. The standard InChI is InChI=1S/C16H16N2O3/c1-3-17(13-8-5-4-6-9-13)16(19)14-10-7-11-15(12(14)2)18(20)21/h4-11H,3H2,1-2H3. The maximum atomic E-state index is 12.7. The Balaban J connectivity index is 2.44. The van der Waals surface area contributed by atoms with Gasteiger partial charge in [0.2, 0.25) is 0 Å². The summed E-state index contributed by atoms with van der Waals surface area (Å²) < 4.78 is 0. The maximum Gasteiger partial charge on any atom is 0.273 e. The third kappa shape index (κ3) is 2.91. The van der Waals surface area contributed by atoms with E-state index in [4.69, 9.17) is 0 Å². The lowest BCUT2D eigenvalue weighted by atomic mass is 10.1. The summed E-state index contributed by atoms with van der Waals surface area (Å²) in [4.78, 5) is 24.8. The average molecular weight is 284 g/mol. The molecule has 5 heteroatoms. The van der Waals surface area contributed by atoms with Gasteiger partial charge in [-0.15, -0.1) is 0 Å². The summed E-state index contributed by atoms with van der Waals surface area (Å²) >= 11 is 0. The summed E-state index contributed by atoms with van der Waals surface area (Å²) in [5, 5.41) is 11.0. The number of benzene rings is 2. The second kappa shape index (κ2) is 6.17. The van der Waals surface area contributed by atoms with Crippen molar-refractivity contribution in [2.24, 2.45) is 0 Å². The van der Waals surface area contributed by atoms with E-state index in [0.717, 1.165) is 5.69 Å². The highest BCUT2D eigenvalue weighted by Gasteiger charge is 2.22. The van der Waals surface area contributed by atoms with E-state index in [0.29, 0.717) is 17.7 Å². The van der Waals surface area contributed by atoms with Gasteiger partial charge in [-0.25, -0.2) is 0 Å². The molecule has 0 N–H and O–H groups in total. The molecule has 0 atom stereocenters. The van der Waals surface area contributed by atoms with Crippen LogP contribution < -0.4 is 4.90 Å². The molecule has 0 unspecified atom stereocenters. The van der Waals surface area contributed by atoms with Crippen LogP contribution in [0.5, 0.6) is 0 Å². The van der Waals surface area contributed by atoms with Crippen LogP contribution in [0.25, 0.3) is 0 Å². The number of hydrogen-bond acceptors (Lipinski definition) is 3. The number of carbonyl (C=O) groups is 1.